The number of benzene rings is 2. The third kappa shape index (κ3) is 3.97. The fourth-order valence-corrected chi connectivity index (χ4v) is 3.04. The fourth-order valence-electron chi connectivity index (χ4n) is 3.04. The van der Waals surface area contributed by atoms with Gasteiger partial charge in [0.15, 0.2) is 0 Å². The molecular formula is C19H24N2O3. The summed E-state index contributed by atoms with van der Waals surface area (Å²) in [5.74, 6) is 0.843. The van der Waals surface area contributed by atoms with E-state index in [-0.39, 0.29) is 18.2 Å². The van der Waals surface area contributed by atoms with Crippen LogP contribution >= 0.6 is 0 Å². The molecule has 0 radical (unpaired) electrons. The average molecular weight is 328 g/mol. The third-order valence-electron chi connectivity index (χ3n) is 4.45. The Morgan fingerprint density at radius 1 is 1.29 bits per heavy atom. The number of fused-ring (bicyclic) bond motifs is 1. The van der Waals surface area contributed by atoms with Crippen LogP contribution < -0.4 is 15.4 Å². The summed E-state index contributed by atoms with van der Waals surface area (Å²) in [5.41, 5.74) is 1.06. The Morgan fingerprint density at radius 3 is 2.83 bits per heavy atom. The first-order valence-electron chi connectivity index (χ1n) is 8.38. The van der Waals surface area contributed by atoms with Crippen molar-refractivity contribution in [2.75, 3.05) is 13.7 Å². The van der Waals surface area contributed by atoms with Crippen molar-refractivity contribution in [1.82, 2.24) is 10.6 Å². The molecule has 2 N–H and O–H groups in total. The van der Waals surface area contributed by atoms with E-state index in [1.807, 2.05) is 37.3 Å². The zero-order valence-electron chi connectivity index (χ0n) is 14.2. The Labute approximate surface area is 142 Å². The molecule has 0 spiro atoms. The second-order valence-corrected chi connectivity index (χ2v) is 6.21. The lowest BCUT2D eigenvalue weighted by Crippen LogP contribution is -2.45. The second-order valence-electron chi connectivity index (χ2n) is 6.21. The Balaban J connectivity index is 1.55. The van der Waals surface area contributed by atoms with Gasteiger partial charge in [-0.3, -0.25) is 0 Å². The number of amides is 2. The summed E-state index contributed by atoms with van der Waals surface area (Å²) in [6.45, 7) is 3.27. The molecule has 1 aliphatic rings. The molecule has 2 aromatic carbocycles. The van der Waals surface area contributed by atoms with Crippen molar-refractivity contribution in [1.29, 1.82) is 0 Å². The van der Waals surface area contributed by atoms with Crippen LogP contribution in [-0.2, 0) is 11.3 Å². The van der Waals surface area contributed by atoms with Crippen LogP contribution in [-0.4, -0.2) is 31.9 Å². The van der Waals surface area contributed by atoms with Crippen LogP contribution in [0.3, 0.4) is 0 Å². The molecule has 128 valence electrons. The highest BCUT2D eigenvalue weighted by Crippen LogP contribution is 2.21. The molecular weight excluding hydrogens is 304 g/mol. The maximum absolute atomic E-state index is 12.0. The molecule has 1 fully saturated rings. The molecule has 2 amide bonds. The molecule has 24 heavy (non-hydrogen) atoms. The molecule has 5 heteroatoms. The minimum absolute atomic E-state index is 0.0246. The van der Waals surface area contributed by atoms with E-state index in [1.165, 1.54) is 0 Å². The van der Waals surface area contributed by atoms with Crippen LogP contribution in [0.4, 0.5) is 4.79 Å². The molecule has 2 atom stereocenters. The van der Waals surface area contributed by atoms with Gasteiger partial charge < -0.3 is 20.1 Å². The number of nitrogens with one attached hydrogen (secondary N) is 2. The number of rotatable bonds is 5. The van der Waals surface area contributed by atoms with Crippen LogP contribution in [0, 0.1) is 0 Å². The lowest BCUT2D eigenvalue weighted by atomic mass is 10.1. The summed E-state index contributed by atoms with van der Waals surface area (Å²) in [6, 6.07) is 12.0. The fraction of sp³-hybridized carbons (Fsp3) is 0.421. The number of carbonyl (C=O) groups excluding carboxylic acids is 1. The van der Waals surface area contributed by atoms with Gasteiger partial charge in [-0.25, -0.2) is 4.79 Å². The molecule has 0 unspecified atom stereocenters. The normalized spacial score (nSPS) is 18.3. The molecule has 0 bridgehead atoms. The van der Waals surface area contributed by atoms with Crippen molar-refractivity contribution in [3.63, 3.8) is 0 Å². The Kier molecular flexibility index (Phi) is 5.20. The first-order chi connectivity index (χ1) is 11.7. The van der Waals surface area contributed by atoms with E-state index in [9.17, 15) is 4.79 Å². The van der Waals surface area contributed by atoms with E-state index >= 15 is 0 Å². The van der Waals surface area contributed by atoms with Crippen molar-refractivity contribution < 1.29 is 14.3 Å². The largest absolute Gasteiger partial charge is 0.497 e. The van der Waals surface area contributed by atoms with Gasteiger partial charge in [0, 0.05) is 13.2 Å². The van der Waals surface area contributed by atoms with Crippen molar-refractivity contribution in [3.05, 3.63) is 42.0 Å². The van der Waals surface area contributed by atoms with Gasteiger partial charge in [-0.2, -0.15) is 0 Å². The third-order valence-corrected chi connectivity index (χ3v) is 4.45. The molecule has 1 saturated heterocycles. The van der Waals surface area contributed by atoms with Crippen LogP contribution in [0.5, 0.6) is 5.75 Å². The molecule has 5 nitrogen and oxygen atoms in total. The zero-order chi connectivity index (χ0) is 16.9. The number of ether oxygens (including phenoxy) is 2. The molecule has 2 aromatic rings. The summed E-state index contributed by atoms with van der Waals surface area (Å²) in [6.07, 6.45) is 2.21. The van der Waals surface area contributed by atoms with Gasteiger partial charge in [-0.05, 0) is 54.3 Å². The maximum Gasteiger partial charge on any atom is 0.315 e. The van der Waals surface area contributed by atoms with Crippen molar-refractivity contribution >= 4 is 16.8 Å². The van der Waals surface area contributed by atoms with E-state index in [0.29, 0.717) is 6.54 Å². The summed E-state index contributed by atoms with van der Waals surface area (Å²) in [5, 5.41) is 8.11. The lowest BCUT2D eigenvalue weighted by molar-refractivity contribution is 0.0860. The first-order valence-corrected chi connectivity index (χ1v) is 8.38. The van der Waals surface area contributed by atoms with Crippen LogP contribution in [0.1, 0.15) is 25.3 Å². The standard InChI is InChI=1S/C19H24N2O3/c1-13(18-4-3-9-24-18)21-19(22)20-12-14-5-6-16-11-17(23-2)8-7-15(16)10-14/h5-8,10-11,13,18H,3-4,9,12H2,1-2H3,(H2,20,21,22)/t13-,18-/m1/s1. The number of methoxy groups -OCH3 is 1. The minimum atomic E-state index is -0.159. The quantitative estimate of drug-likeness (QED) is 0.886. The average Bonchev–Trinajstić information content (AvgIpc) is 3.14. The number of hydrogen-bond donors (Lipinski definition) is 2. The van der Waals surface area contributed by atoms with Gasteiger partial charge in [0.1, 0.15) is 5.75 Å². The number of urea groups is 1. The highest BCUT2D eigenvalue weighted by Gasteiger charge is 2.23. The summed E-state index contributed by atoms with van der Waals surface area (Å²) >= 11 is 0. The maximum atomic E-state index is 12.0. The summed E-state index contributed by atoms with van der Waals surface area (Å²) in [7, 11) is 1.66. The monoisotopic (exact) mass is 328 g/mol. The first kappa shape index (κ1) is 16.6. The van der Waals surface area contributed by atoms with Crippen LogP contribution in [0.2, 0.25) is 0 Å². The lowest BCUT2D eigenvalue weighted by Gasteiger charge is -2.20. The molecule has 0 saturated carbocycles. The predicted octanol–water partition coefficient (Wildman–Crippen LogP) is 3.22. The van der Waals surface area contributed by atoms with E-state index in [0.717, 1.165) is 41.5 Å². The van der Waals surface area contributed by atoms with Crippen molar-refractivity contribution in [2.24, 2.45) is 0 Å². The smallest absolute Gasteiger partial charge is 0.315 e. The molecule has 1 aliphatic heterocycles. The minimum Gasteiger partial charge on any atom is -0.497 e. The Morgan fingerprint density at radius 2 is 2.08 bits per heavy atom. The summed E-state index contributed by atoms with van der Waals surface area (Å²) < 4.78 is 10.8. The van der Waals surface area contributed by atoms with Gasteiger partial charge in [0.25, 0.3) is 0 Å². The second kappa shape index (κ2) is 7.53. The molecule has 0 aliphatic carbocycles. The Hall–Kier alpha value is -2.27. The number of carbonyl (C=O) groups is 1. The van der Waals surface area contributed by atoms with E-state index in [2.05, 4.69) is 16.7 Å². The summed E-state index contributed by atoms with van der Waals surface area (Å²) in [4.78, 5) is 12.0. The van der Waals surface area contributed by atoms with Crippen molar-refractivity contribution in [3.8, 4) is 5.75 Å². The SMILES string of the molecule is COc1ccc2cc(CNC(=O)N[C@H](C)[C@H]3CCCO3)ccc2c1. The highest BCUT2D eigenvalue weighted by atomic mass is 16.5. The molecule has 1 heterocycles. The van der Waals surface area contributed by atoms with Crippen molar-refractivity contribution in [2.45, 2.75) is 38.5 Å². The number of hydrogen-bond acceptors (Lipinski definition) is 3. The zero-order valence-corrected chi connectivity index (χ0v) is 14.2. The van der Waals surface area contributed by atoms with Gasteiger partial charge in [-0.15, -0.1) is 0 Å². The highest BCUT2D eigenvalue weighted by molar-refractivity contribution is 5.84. The predicted molar refractivity (Wildman–Crippen MR) is 94.3 cm³/mol. The van der Waals surface area contributed by atoms with Crippen LogP contribution in [0.15, 0.2) is 36.4 Å². The van der Waals surface area contributed by atoms with E-state index in [4.69, 9.17) is 9.47 Å². The molecule has 3 rings (SSSR count). The van der Waals surface area contributed by atoms with E-state index < -0.39 is 0 Å². The van der Waals surface area contributed by atoms with Gasteiger partial charge in [0.2, 0.25) is 0 Å². The molecule has 0 aromatic heterocycles. The Bertz CT molecular complexity index is 711. The van der Waals surface area contributed by atoms with Gasteiger partial charge in [0.05, 0.1) is 19.3 Å². The van der Waals surface area contributed by atoms with Gasteiger partial charge in [-0.1, -0.05) is 18.2 Å². The van der Waals surface area contributed by atoms with Crippen LogP contribution in [0.25, 0.3) is 10.8 Å². The topological polar surface area (TPSA) is 59.6 Å². The van der Waals surface area contributed by atoms with E-state index in [1.54, 1.807) is 7.11 Å². The van der Waals surface area contributed by atoms with Gasteiger partial charge >= 0.3 is 6.03 Å².